The number of ether oxygens (including phenoxy) is 12. The van der Waals surface area contributed by atoms with E-state index in [1.807, 2.05) is 0 Å². The molecule has 7 aliphatic heterocycles. The van der Waals surface area contributed by atoms with Gasteiger partial charge >= 0.3 is 0 Å². The summed E-state index contributed by atoms with van der Waals surface area (Å²) in [5, 5.41) is 152. The maximum Gasteiger partial charge on any atom is 0.187 e. The van der Waals surface area contributed by atoms with E-state index in [9.17, 15) is 71.5 Å². The second-order valence-electron chi connectivity index (χ2n) is 26.2. The molecular weight excluding hydrogens is 1090 g/mol. The Kier molecular flexibility index (Phi) is 18.4. The zero-order valence-electron chi connectivity index (χ0n) is 47.1. The predicted molar refractivity (Wildman–Crippen MR) is 273 cm³/mol. The molecule has 26 heteroatoms. The first-order valence-corrected chi connectivity index (χ1v) is 29.8. The van der Waals surface area contributed by atoms with Crippen LogP contribution in [-0.2, 0) is 56.8 Å². The Balaban J connectivity index is 0.717. The molecule has 3 saturated carbocycles. The van der Waals surface area contributed by atoms with E-state index in [1.165, 1.54) is 12.5 Å². The number of aliphatic hydroxyl groups excluding tert-OH is 14. The van der Waals surface area contributed by atoms with E-state index in [-0.39, 0.29) is 29.6 Å². The summed E-state index contributed by atoms with van der Waals surface area (Å²) in [5.41, 5.74) is 1.56. The highest BCUT2D eigenvalue weighted by Gasteiger charge is 2.69. The van der Waals surface area contributed by atoms with Crippen molar-refractivity contribution in [1.82, 2.24) is 0 Å². The zero-order chi connectivity index (χ0) is 58.6. The lowest BCUT2D eigenvalue weighted by atomic mass is 9.47. The third-order valence-corrected chi connectivity index (χ3v) is 21.5. The van der Waals surface area contributed by atoms with Gasteiger partial charge in [0.05, 0.1) is 51.3 Å². The molecule has 1 spiro atoms. The lowest BCUT2D eigenvalue weighted by Gasteiger charge is -2.58. The van der Waals surface area contributed by atoms with Crippen molar-refractivity contribution >= 4 is 0 Å². The van der Waals surface area contributed by atoms with Gasteiger partial charge in [-0.1, -0.05) is 39.3 Å². The zero-order valence-corrected chi connectivity index (χ0v) is 47.1. The minimum atomic E-state index is -2.05. The Morgan fingerprint density at radius 1 is 0.537 bits per heavy atom. The van der Waals surface area contributed by atoms with Crippen molar-refractivity contribution in [3.05, 3.63) is 11.6 Å². The fourth-order valence-corrected chi connectivity index (χ4v) is 16.7. The van der Waals surface area contributed by atoms with Crippen molar-refractivity contribution in [2.24, 2.45) is 46.3 Å². The molecule has 7 heterocycles. The molecule has 0 aromatic carbocycles. The summed E-state index contributed by atoms with van der Waals surface area (Å²) in [6.45, 7) is 8.78. The quantitative estimate of drug-likeness (QED) is 0.0796. The van der Waals surface area contributed by atoms with E-state index in [0.717, 1.165) is 58.0 Å². The average molecular weight is 1180 g/mol. The molecule has 11 rings (SSSR count). The molecule has 0 aromatic rings. The Labute approximate surface area is 476 Å². The summed E-state index contributed by atoms with van der Waals surface area (Å²) >= 11 is 0. The van der Waals surface area contributed by atoms with E-state index >= 15 is 0 Å². The van der Waals surface area contributed by atoms with Gasteiger partial charge in [0.15, 0.2) is 37.2 Å². The van der Waals surface area contributed by atoms with Crippen molar-refractivity contribution < 1.29 is 128 Å². The summed E-state index contributed by atoms with van der Waals surface area (Å²) in [7, 11) is 0. The highest BCUT2D eigenvalue weighted by Crippen LogP contribution is 2.71. The molecule has 82 heavy (non-hydrogen) atoms. The maximum atomic E-state index is 11.7. The molecule has 14 N–H and O–H groups in total. The molecule has 0 amide bonds. The van der Waals surface area contributed by atoms with Crippen LogP contribution in [0, 0.1) is 46.3 Å². The van der Waals surface area contributed by atoms with Crippen molar-refractivity contribution in [3.63, 3.8) is 0 Å². The monoisotopic (exact) mass is 1180 g/mol. The van der Waals surface area contributed by atoms with Crippen LogP contribution in [0.4, 0.5) is 0 Å². The van der Waals surface area contributed by atoms with Crippen LogP contribution in [0.1, 0.15) is 92.4 Å². The van der Waals surface area contributed by atoms with Gasteiger partial charge < -0.3 is 128 Å². The molecule has 7 saturated heterocycles. The van der Waals surface area contributed by atoms with Crippen LogP contribution in [0.3, 0.4) is 0 Å². The second kappa shape index (κ2) is 24.2. The Bertz CT molecular complexity index is 2190. The van der Waals surface area contributed by atoms with Crippen molar-refractivity contribution in [1.29, 1.82) is 0 Å². The molecule has 0 unspecified atom stereocenters. The van der Waals surface area contributed by atoms with Gasteiger partial charge in [0.25, 0.3) is 0 Å². The number of fused-ring (bicyclic) bond motifs is 7. The number of hydrogen-bond donors (Lipinski definition) is 14. The van der Waals surface area contributed by atoms with Gasteiger partial charge in [-0.3, -0.25) is 0 Å². The van der Waals surface area contributed by atoms with Crippen molar-refractivity contribution in [2.75, 3.05) is 33.0 Å². The molecule has 0 radical (unpaired) electrons. The van der Waals surface area contributed by atoms with Crippen LogP contribution in [-0.4, -0.2) is 270 Å². The first-order chi connectivity index (χ1) is 39.0. The lowest BCUT2D eigenvalue weighted by molar-refractivity contribution is -0.406. The molecule has 0 bridgehead atoms. The summed E-state index contributed by atoms with van der Waals surface area (Å²) in [4.78, 5) is 0. The van der Waals surface area contributed by atoms with Gasteiger partial charge in [0.1, 0.15) is 110 Å². The molecule has 11 aliphatic rings. The first-order valence-electron chi connectivity index (χ1n) is 29.8. The van der Waals surface area contributed by atoms with Gasteiger partial charge in [-0.15, -0.1) is 0 Å². The van der Waals surface area contributed by atoms with Crippen molar-refractivity contribution in [2.45, 2.75) is 258 Å². The van der Waals surface area contributed by atoms with Crippen LogP contribution in [0.5, 0.6) is 0 Å². The van der Waals surface area contributed by atoms with Gasteiger partial charge in [-0.05, 0) is 98.7 Å². The highest BCUT2D eigenvalue weighted by atomic mass is 16.8. The minimum absolute atomic E-state index is 0.000644. The Morgan fingerprint density at radius 2 is 1.12 bits per heavy atom. The number of aliphatic hydroxyl groups is 14. The summed E-state index contributed by atoms with van der Waals surface area (Å²) < 4.78 is 73.2. The lowest BCUT2D eigenvalue weighted by Crippen LogP contribution is -2.68. The first kappa shape index (κ1) is 62.3. The Hall–Kier alpha value is -1.30. The van der Waals surface area contributed by atoms with Crippen LogP contribution in [0.2, 0.25) is 0 Å². The third-order valence-electron chi connectivity index (χ3n) is 21.5. The van der Waals surface area contributed by atoms with E-state index in [4.69, 9.17) is 56.8 Å². The summed E-state index contributed by atoms with van der Waals surface area (Å²) in [6.07, 6.45) is -30.8. The minimum Gasteiger partial charge on any atom is -0.394 e. The molecule has 4 aliphatic carbocycles. The molecule has 26 nitrogen and oxygen atoms in total. The molecular formula is C56H90O26. The molecule has 10 fully saturated rings. The number of allylic oxidation sites excluding steroid dienone is 1. The Morgan fingerprint density at radius 3 is 1.76 bits per heavy atom. The van der Waals surface area contributed by atoms with E-state index in [1.54, 1.807) is 0 Å². The van der Waals surface area contributed by atoms with E-state index in [0.29, 0.717) is 41.9 Å². The SMILES string of the molecule is C[C@@H]1CC[C@@]2(OC1)O[C@H]1C[C@H]3[C@@H]4CC=C5C[C@@H](O[C@H]6OC[C@H](O[C@H]7O[C@@H](C)[C@H](O[C@@H]8O[C@H](CO)[C@H](O)[C@@H](O[C@@H]9O[C@H](CO)[C@@H](O)[C@H](O)[C@H]9O)[C@H]8O[C@@H]8O[C@H](CO)[C@@H](O)[C@H](O)[C@H]8O)[C@@H](O)[C@H]7O)[C@@H](O)[C@H]6O)CC[C@]5(C)[C@@H]4CC[C@]3(C)[C@H]1[C@@H]2C. The van der Waals surface area contributed by atoms with Crippen LogP contribution >= 0.6 is 0 Å². The summed E-state index contributed by atoms with van der Waals surface area (Å²) in [5.74, 6) is 2.59. The van der Waals surface area contributed by atoms with E-state index < -0.39 is 173 Å². The highest BCUT2D eigenvalue weighted by molar-refractivity contribution is 5.26. The second-order valence-corrected chi connectivity index (χ2v) is 26.2. The van der Waals surface area contributed by atoms with Gasteiger partial charge in [-0.25, -0.2) is 0 Å². The fraction of sp³-hybridized carbons (Fsp3) is 0.964. The van der Waals surface area contributed by atoms with E-state index in [2.05, 4.69) is 33.8 Å². The van der Waals surface area contributed by atoms with Gasteiger partial charge in [0.2, 0.25) is 0 Å². The van der Waals surface area contributed by atoms with Crippen LogP contribution < -0.4 is 0 Å². The standard InChI is InChI=1S/C56H90O26/c1-21-8-13-56(72-19-21)22(2)34-29(82-56)15-28-26-7-6-24-14-25(9-11-54(24,4)27(26)10-12-55(28,34)5)74-49-42(67)37(62)33(20-71-49)78-50-45(70)41(66)46(23(3)73-50)79-53-48(81-52-44(69)40(65)36(61)31(17-58)76-52)47(38(63)32(18-59)77-53)80-51-43(68)39(64)35(60)30(16-57)75-51/h6,21-23,25-53,57-70H,7-20H2,1-5H3/t21-,22+,23+,25+,26-,27-,28+,29+,30-,31-,32-,33+,34+,35-,36-,37-,38+,39+,40+,41+,42-,43-,44-,45-,46+,47-,48-,49-,50-,51+,52+,53+,54+,55+,56-/m1/s1. The van der Waals surface area contributed by atoms with Crippen molar-refractivity contribution in [3.8, 4) is 0 Å². The fourth-order valence-electron chi connectivity index (χ4n) is 16.7. The maximum absolute atomic E-state index is 11.7. The number of rotatable bonds is 13. The third kappa shape index (κ3) is 10.8. The molecule has 35 atom stereocenters. The summed E-state index contributed by atoms with van der Waals surface area (Å²) in [6, 6.07) is 0. The predicted octanol–water partition coefficient (Wildman–Crippen LogP) is -3.50. The number of hydrogen-bond acceptors (Lipinski definition) is 26. The molecule has 470 valence electrons. The normalized spacial score (nSPS) is 56.9. The van der Waals surface area contributed by atoms with Crippen LogP contribution in [0.15, 0.2) is 11.6 Å². The van der Waals surface area contributed by atoms with Gasteiger partial charge in [0, 0.05) is 12.3 Å². The molecule has 0 aromatic heterocycles. The largest absolute Gasteiger partial charge is 0.394 e. The smallest absolute Gasteiger partial charge is 0.187 e. The topological polar surface area (TPSA) is 394 Å². The average Bonchev–Trinajstić information content (AvgIpc) is 1.78. The van der Waals surface area contributed by atoms with Gasteiger partial charge in [-0.2, -0.15) is 0 Å². The van der Waals surface area contributed by atoms with Crippen LogP contribution in [0.25, 0.3) is 0 Å².